The van der Waals surface area contributed by atoms with Gasteiger partial charge in [0.05, 0.1) is 0 Å². The molecule has 0 unspecified atom stereocenters. The molecule has 102 valence electrons. The van der Waals surface area contributed by atoms with Crippen molar-refractivity contribution in [2.75, 3.05) is 6.54 Å². The molecule has 1 saturated heterocycles. The summed E-state index contributed by atoms with van der Waals surface area (Å²) in [5.74, 6) is -0.877. The fraction of sp³-hybridized carbons (Fsp3) is 0.0714. The van der Waals surface area contributed by atoms with Gasteiger partial charge < -0.3 is 0 Å². The van der Waals surface area contributed by atoms with Crippen LogP contribution in [-0.2, 0) is 9.59 Å². The van der Waals surface area contributed by atoms with Crippen molar-refractivity contribution in [3.8, 4) is 0 Å². The molecule has 0 aliphatic carbocycles. The lowest BCUT2D eigenvalue weighted by molar-refractivity contribution is -0.128. The molecule has 0 saturated carbocycles. The molecule has 2 rings (SSSR count). The highest BCUT2D eigenvalue weighted by Crippen LogP contribution is 2.18. The van der Waals surface area contributed by atoms with E-state index in [1.807, 2.05) is 24.3 Å². The molecule has 1 N–H and O–H groups in total. The van der Waals surface area contributed by atoms with Gasteiger partial charge in [-0.1, -0.05) is 24.3 Å². The molecular weight excluding hydrogens is 387 g/mol. The van der Waals surface area contributed by atoms with Gasteiger partial charge in [-0.25, -0.2) is 0 Å². The fourth-order valence-electron chi connectivity index (χ4n) is 1.74. The van der Waals surface area contributed by atoms with Crippen LogP contribution in [-0.4, -0.2) is 28.4 Å². The number of benzene rings is 1. The van der Waals surface area contributed by atoms with Crippen molar-refractivity contribution in [3.63, 3.8) is 0 Å². The second kappa shape index (κ2) is 6.27. The Kier molecular flexibility index (Phi) is 4.66. The minimum atomic E-state index is -0.472. The van der Waals surface area contributed by atoms with Gasteiger partial charge in [0.2, 0.25) is 0 Å². The van der Waals surface area contributed by atoms with Crippen LogP contribution in [0.2, 0.25) is 0 Å². The largest absolute Gasteiger partial charge is 0.298 e. The smallest absolute Gasteiger partial charge is 0.265 e. The highest BCUT2D eigenvalue weighted by atomic mass is 127. The molecule has 0 atom stereocenters. The summed E-state index contributed by atoms with van der Waals surface area (Å²) in [5, 5.41) is 2.62. The molecule has 0 aromatic heterocycles. The highest BCUT2D eigenvalue weighted by molar-refractivity contribution is 14.1. The van der Waals surface area contributed by atoms with Crippen molar-refractivity contribution in [3.05, 3.63) is 51.6 Å². The summed E-state index contributed by atoms with van der Waals surface area (Å²) in [5.41, 5.74) is 0.891. The van der Waals surface area contributed by atoms with Crippen molar-refractivity contribution >= 4 is 57.8 Å². The number of carbonyl (C=O) groups is 2. The van der Waals surface area contributed by atoms with E-state index in [2.05, 4.69) is 34.5 Å². The Hall–Kier alpha value is -1.54. The molecule has 0 radical (unpaired) electrons. The molecule has 20 heavy (non-hydrogen) atoms. The van der Waals surface area contributed by atoms with Gasteiger partial charge >= 0.3 is 0 Å². The lowest BCUT2D eigenvalue weighted by Crippen LogP contribution is -2.53. The van der Waals surface area contributed by atoms with E-state index in [0.717, 1.165) is 9.13 Å². The van der Waals surface area contributed by atoms with Crippen molar-refractivity contribution in [2.45, 2.75) is 0 Å². The summed E-state index contributed by atoms with van der Waals surface area (Å²) in [6.45, 7) is 3.84. The van der Waals surface area contributed by atoms with Crippen molar-refractivity contribution in [2.24, 2.45) is 0 Å². The number of amides is 2. The topological polar surface area (TPSA) is 49.4 Å². The number of thiocarbonyl (C=S) groups is 1. The number of hydrogen-bond acceptors (Lipinski definition) is 3. The molecule has 1 fully saturated rings. The fourth-order valence-corrected chi connectivity index (χ4v) is 2.53. The maximum atomic E-state index is 12.3. The van der Waals surface area contributed by atoms with E-state index >= 15 is 0 Å². The van der Waals surface area contributed by atoms with E-state index in [9.17, 15) is 9.59 Å². The standard InChI is InChI=1S/C14H11IN2O2S/c1-2-7-17-13(19)10(12(18)16-14(17)20)8-9-5-3-4-6-11(9)15/h2-6,8H,1,7H2,(H,16,18,20)/b10-8-. The molecule has 1 aliphatic heterocycles. The van der Waals surface area contributed by atoms with Gasteiger partial charge in [0.25, 0.3) is 11.8 Å². The van der Waals surface area contributed by atoms with E-state index in [4.69, 9.17) is 12.2 Å². The molecule has 4 nitrogen and oxygen atoms in total. The van der Waals surface area contributed by atoms with E-state index < -0.39 is 11.8 Å². The second-order valence-corrected chi connectivity index (χ2v) is 5.59. The van der Waals surface area contributed by atoms with E-state index in [0.29, 0.717) is 0 Å². The van der Waals surface area contributed by atoms with Crippen LogP contribution in [0.15, 0.2) is 42.5 Å². The third-order valence-corrected chi connectivity index (χ3v) is 4.01. The zero-order chi connectivity index (χ0) is 14.7. The highest BCUT2D eigenvalue weighted by Gasteiger charge is 2.32. The van der Waals surface area contributed by atoms with Gasteiger partial charge in [-0.15, -0.1) is 6.58 Å². The summed E-state index contributed by atoms with van der Waals surface area (Å²) in [6.07, 6.45) is 3.14. The molecular formula is C14H11IN2O2S. The normalized spacial score (nSPS) is 17.4. The summed E-state index contributed by atoms with van der Waals surface area (Å²) in [6, 6.07) is 7.50. The first-order chi connectivity index (χ1) is 9.54. The lowest BCUT2D eigenvalue weighted by Gasteiger charge is -2.27. The maximum Gasteiger partial charge on any atom is 0.265 e. The Morgan fingerprint density at radius 2 is 2.05 bits per heavy atom. The molecule has 1 aromatic carbocycles. The number of carbonyl (C=O) groups excluding carboxylic acids is 2. The second-order valence-electron chi connectivity index (χ2n) is 4.04. The number of hydrogen-bond donors (Lipinski definition) is 1. The van der Waals surface area contributed by atoms with Crippen molar-refractivity contribution in [1.29, 1.82) is 0 Å². The van der Waals surface area contributed by atoms with Crippen molar-refractivity contribution < 1.29 is 9.59 Å². The first kappa shape index (κ1) is 14.9. The Labute approximate surface area is 135 Å². The van der Waals surface area contributed by atoms with Crippen LogP contribution in [0.1, 0.15) is 5.56 Å². The van der Waals surface area contributed by atoms with Crippen LogP contribution in [0.3, 0.4) is 0 Å². The van der Waals surface area contributed by atoms with E-state index in [-0.39, 0.29) is 17.2 Å². The Balaban J connectivity index is 2.42. The Morgan fingerprint density at radius 3 is 2.70 bits per heavy atom. The molecule has 1 aromatic rings. The minimum absolute atomic E-state index is 0.0737. The summed E-state index contributed by atoms with van der Waals surface area (Å²) in [7, 11) is 0. The molecule has 2 amide bonds. The monoisotopic (exact) mass is 398 g/mol. The van der Waals surface area contributed by atoms with Crippen LogP contribution in [0.5, 0.6) is 0 Å². The molecule has 0 spiro atoms. The first-order valence-electron chi connectivity index (χ1n) is 5.79. The van der Waals surface area contributed by atoms with Gasteiger partial charge in [0.1, 0.15) is 5.57 Å². The quantitative estimate of drug-likeness (QED) is 0.279. The summed E-state index contributed by atoms with van der Waals surface area (Å²) in [4.78, 5) is 25.6. The van der Waals surface area contributed by atoms with Crippen molar-refractivity contribution in [1.82, 2.24) is 10.2 Å². The maximum absolute atomic E-state index is 12.3. The van der Waals surface area contributed by atoms with E-state index in [1.54, 1.807) is 12.2 Å². The third-order valence-electron chi connectivity index (χ3n) is 2.70. The van der Waals surface area contributed by atoms with Gasteiger partial charge in [0.15, 0.2) is 5.11 Å². The van der Waals surface area contributed by atoms with Crippen LogP contribution < -0.4 is 5.32 Å². The first-order valence-corrected chi connectivity index (χ1v) is 7.27. The number of rotatable bonds is 3. The molecule has 0 bridgehead atoms. The average Bonchev–Trinajstić information content (AvgIpc) is 2.41. The number of halogens is 1. The molecule has 6 heteroatoms. The third kappa shape index (κ3) is 2.96. The van der Waals surface area contributed by atoms with Gasteiger partial charge in [0, 0.05) is 10.1 Å². The summed E-state index contributed by atoms with van der Waals surface area (Å²) < 4.78 is 0.960. The SMILES string of the molecule is C=CCN1C(=O)/C(=C\c2ccccc2I)C(=O)NC1=S. The number of nitrogens with one attached hydrogen (secondary N) is 1. The minimum Gasteiger partial charge on any atom is -0.298 e. The Morgan fingerprint density at radius 1 is 1.35 bits per heavy atom. The zero-order valence-electron chi connectivity index (χ0n) is 10.4. The number of nitrogens with zero attached hydrogens (tertiary/aromatic N) is 1. The molecule has 1 heterocycles. The average molecular weight is 398 g/mol. The van der Waals surface area contributed by atoms with Gasteiger partial charge in [-0.05, 0) is 52.5 Å². The predicted molar refractivity (Wildman–Crippen MR) is 89.8 cm³/mol. The molecule has 1 aliphatic rings. The lowest BCUT2D eigenvalue weighted by atomic mass is 10.1. The van der Waals surface area contributed by atoms with Gasteiger partial charge in [-0.2, -0.15) is 0 Å². The van der Waals surface area contributed by atoms with E-state index in [1.165, 1.54) is 4.90 Å². The van der Waals surface area contributed by atoms with Crippen LogP contribution in [0, 0.1) is 3.57 Å². The van der Waals surface area contributed by atoms with Crippen LogP contribution >= 0.6 is 34.8 Å². The van der Waals surface area contributed by atoms with Crippen LogP contribution in [0.4, 0.5) is 0 Å². The predicted octanol–water partition coefficient (Wildman–Crippen LogP) is 2.10. The van der Waals surface area contributed by atoms with Gasteiger partial charge in [-0.3, -0.25) is 19.8 Å². The van der Waals surface area contributed by atoms with Crippen LogP contribution in [0.25, 0.3) is 6.08 Å². The summed E-state index contributed by atoms with van der Waals surface area (Å²) >= 11 is 7.14. The zero-order valence-corrected chi connectivity index (χ0v) is 13.4. The Bertz CT molecular complexity index is 640.